The molecule has 3 aromatic rings. The molecule has 4 heterocycles. The Morgan fingerprint density at radius 3 is 2.75 bits per heavy atom. The van der Waals surface area contributed by atoms with E-state index in [0.29, 0.717) is 17.9 Å². The van der Waals surface area contributed by atoms with Crippen LogP contribution in [0.5, 0.6) is 0 Å². The van der Waals surface area contributed by atoms with Gasteiger partial charge in [0.1, 0.15) is 5.82 Å². The van der Waals surface area contributed by atoms with Gasteiger partial charge in [0.05, 0.1) is 22.6 Å². The first kappa shape index (κ1) is 14.4. The van der Waals surface area contributed by atoms with Gasteiger partial charge in [-0.05, 0) is 43.3 Å². The van der Waals surface area contributed by atoms with Crippen LogP contribution in [0.15, 0.2) is 48.8 Å². The van der Waals surface area contributed by atoms with Crippen LogP contribution in [-0.2, 0) is 0 Å². The summed E-state index contributed by atoms with van der Waals surface area (Å²) in [5, 5.41) is 0. The number of carbonyl (C=O) groups excluding carboxylic acids is 1. The molecule has 0 unspecified atom stereocenters. The quantitative estimate of drug-likeness (QED) is 0.787. The van der Waals surface area contributed by atoms with Crippen molar-refractivity contribution >= 4 is 23.2 Å². The summed E-state index contributed by atoms with van der Waals surface area (Å²) in [6, 6.07) is 11.4. The Bertz CT molecular complexity index is 904. The van der Waals surface area contributed by atoms with Crippen LogP contribution >= 0.6 is 0 Å². The van der Waals surface area contributed by atoms with Crippen molar-refractivity contribution in [1.29, 1.82) is 0 Å². The number of nitrogens with zero attached hydrogens (tertiary/aromatic N) is 4. The van der Waals surface area contributed by atoms with Crippen LogP contribution in [0, 0.1) is 0 Å². The molecule has 0 fully saturated rings. The number of nitrogens with one attached hydrogen (secondary N) is 1. The molecule has 0 saturated heterocycles. The number of amides is 1. The molecule has 1 aliphatic heterocycles. The normalized spacial score (nSPS) is 13.5. The maximum absolute atomic E-state index is 12.9. The van der Waals surface area contributed by atoms with E-state index >= 15 is 0 Å². The van der Waals surface area contributed by atoms with Gasteiger partial charge in [0, 0.05) is 26.0 Å². The molecule has 0 saturated carbocycles. The summed E-state index contributed by atoms with van der Waals surface area (Å²) < 4.78 is 0. The molecule has 0 aromatic carbocycles. The summed E-state index contributed by atoms with van der Waals surface area (Å²) in [5.74, 6) is 1.28. The summed E-state index contributed by atoms with van der Waals surface area (Å²) >= 11 is 0. The van der Waals surface area contributed by atoms with E-state index in [1.807, 2.05) is 55.4 Å². The Morgan fingerprint density at radius 2 is 2.00 bits per heavy atom. The summed E-state index contributed by atoms with van der Waals surface area (Å²) in [6.45, 7) is 2.53. The molecule has 0 radical (unpaired) electrons. The lowest BCUT2D eigenvalue weighted by Gasteiger charge is -2.22. The number of H-pyrrole nitrogens is 1. The number of aromatic amines is 1. The second-order valence-electron chi connectivity index (χ2n) is 5.61. The van der Waals surface area contributed by atoms with Gasteiger partial charge in [0.25, 0.3) is 5.91 Å². The Morgan fingerprint density at radius 1 is 1.12 bits per heavy atom. The predicted molar refractivity (Wildman–Crippen MR) is 93.7 cm³/mol. The topological polar surface area (TPSA) is 65.1 Å². The molecule has 24 heavy (non-hydrogen) atoms. The van der Waals surface area contributed by atoms with E-state index in [1.165, 1.54) is 0 Å². The lowest BCUT2D eigenvalue weighted by atomic mass is 10.2. The third kappa shape index (κ3) is 2.07. The SMILES string of the molecule is CCN1C(=O)c2cccnc2N(C)c2nc(-c3ccc[nH]3)ccc21. The first-order valence-corrected chi connectivity index (χ1v) is 7.86. The van der Waals surface area contributed by atoms with E-state index in [4.69, 9.17) is 4.98 Å². The lowest BCUT2D eigenvalue weighted by molar-refractivity contribution is 0.0989. The smallest absolute Gasteiger partial charge is 0.262 e. The zero-order chi connectivity index (χ0) is 16.7. The van der Waals surface area contributed by atoms with Gasteiger partial charge in [-0.15, -0.1) is 0 Å². The van der Waals surface area contributed by atoms with Crippen molar-refractivity contribution in [2.45, 2.75) is 6.92 Å². The summed E-state index contributed by atoms with van der Waals surface area (Å²) in [5.41, 5.74) is 3.14. The highest BCUT2D eigenvalue weighted by Gasteiger charge is 2.30. The van der Waals surface area contributed by atoms with Gasteiger partial charge in [-0.2, -0.15) is 0 Å². The lowest BCUT2D eigenvalue weighted by Crippen LogP contribution is -2.30. The minimum Gasteiger partial charge on any atom is -0.360 e. The van der Waals surface area contributed by atoms with Crippen LogP contribution in [0.3, 0.4) is 0 Å². The number of carbonyl (C=O) groups is 1. The number of anilines is 3. The minimum atomic E-state index is -0.0550. The van der Waals surface area contributed by atoms with Crippen LogP contribution in [0.4, 0.5) is 17.3 Å². The van der Waals surface area contributed by atoms with Gasteiger partial charge < -0.3 is 14.8 Å². The van der Waals surface area contributed by atoms with Crippen molar-refractivity contribution < 1.29 is 4.79 Å². The number of rotatable bonds is 2. The largest absolute Gasteiger partial charge is 0.360 e. The monoisotopic (exact) mass is 319 g/mol. The molecule has 1 amide bonds. The van der Waals surface area contributed by atoms with Crippen LogP contribution in [0.1, 0.15) is 17.3 Å². The van der Waals surface area contributed by atoms with Crippen molar-refractivity contribution in [3.63, 3.8) is 0 Å². The summed E-state index contributed by atoms with van der Waals surface area (Å²) in [7, 11) is 1.89. The molecule has 6 heteroatoms. The predicted octanol–water partition coefficient (Wildman–Crippen LogP) is 3.22. The van der Waals surface area contributed by atoms with E-state index in [-0.39, 0.29) is 5.91 Å². The fraction of sp³-hybridized carbons (Fsp3) is 0.167. The standard InChI is InChI=1S/C18H17N5O/c1-3-23-15-9-8-14(13-7-5-10-19-13)21-17(15)22(2)16-12(18(23)24)6-4-11-20-16/h4-11,19H,3H2,1-2H3. The fourth-order valence-electron chi connectivity index (χ4n) is 3.04. The Kier molecular flexibility index (Phi) is 3.30. The molecule has 1 N–H and O–H groups in total. The van der Waals surface area contributed by atoms with E-state index in [2.05, 4.69) is 9.97 Å². The molecule has 3 aromatic heterocycles. The van der Waals surface area contributed by atoms with Crippen LogP contribution < -0.4 is 9.80 Å². The molecule has 4 rings (SSSR count). The minimum absolute atomic E-state index is 0.0550. The Hall–Kier alpha value is -3.15. The average Bonchev–Trinajstić information content (AvgIpc) is 3.14. The molecule has 0 spiro atoms. The maximum atomic E-state index is 12.9. The molecule has 120 valence electrons. The highest BCUT2D eigenvalue weighted by atomic mass is 16.2. The Labute approximate surface area is 139 Å². The zero-order valence-electron chi connectivity index (χ0n) is 13.5. The van der Waals surface area contributed by atoms with Gasteiger partial charge in [0.15, 0.2) is 5.82 Å². The van der Waals surface area contributed by atoms with Crippen LogP contribution in [-0.4, -0.2) is 34.5 Å². The van der Waals surface area contributed by atoms with Crippen molar-refractivity contribution in [3.05, 3.63) is 54.4 Å². The number of pyridine rings is 2. The number of hydrogen-bond acceptors (Lipinski definition) is 4. The van der Waals surface area contributed by atoms with Gasteiger partial charge in [-0.1, -0.05) is 0 Å². The van der Waals surface area contributed by atoms with Gasteiger partial charge in [-0.25, -0.2) is 9.97 Å². The highest BCUT2D eigenvalue weighted by Crippen LogP contribution is 2.38. The maximum Gasteiger partial charge on any atom is 0.262 e. The molecule has 6 nitrogen and oxygen atoms in total. The first-order chi connectivity index (χ1) is 11.7. The molecular formula is C18H17N5O. The Balaban J connectivity index is 1.95. The molecular weight excluding hydrogens is 302 g/mol. The number of aromatic nitrogens is 3. The molecule has 0 bridgehead atoms. The average molecular weight is 319 g/mol. The molecule has 1 aliphatic rings. The summed E-state index contributed by atoms with van der Waals surface area (Å²) in [6.07, 6.45) is 3.56. The second-order valence-corrected chi connectivity index (χ2v) is 5.61. The third-order valence-corrected chi connectivity index (χ3v) is 4.23. The van der Waals surface area contributed by atoms with E-state index < -0.39 is 0 Å². The molecule has 0 atom stereocenters. The van der Waals surface area contributed by atoms with Crippen LogP contribution in [0.2, 0.25) is 0 Å². The zero-order valence-corrected chi connectivity index (χ0v) is 13.5. The van der Waals surface area contributed by atoms with Crippen molar-refractivity contribution in [1.82, 2.24) is 15.0 Å². The van der Waals surface area contributed by atoms with E-state index in [9.17, 15) is 4.79 Å². The number of hydrogen-bond donors (Lipinski definition) is 1. The van der Waals surface area contributed by atoms with E-state index in [0.717, 1.165) is 22.9 Å². The van der Waals surface area contributed by atoms with Crippen molar-refractivity contribution in [2.75, 3.05) is 23.4 Å². The highest BCUT2D eigenvalue weighted by molar-refractivity contribution is 6.12. The molecule has 0 aliphatic carbocycles. The fourth-order valence-corrected chi connectivity index (χ4v) is 3.04. The van der Waals surface area contributed by atoms with E-state index in [1.54, 1.807) is 17.2 Å². The van der Waals surface area contributed by atoms with Crippen molar-refractivity contribution in [2.24, 2.45) is 0 Å². The third-order valence-electron chi connectivity index (χ3n) is 4.23. The second kappa shape index (κ2) is 5.49. The first-order valence-electron chi connectivity index (χ1n) is 7.86. The van der Waals surface area contributed by atoms with Crippen molar-refractivity contribution in [3.8, 4) is 11.4 Å². The van der Waals surface area contributed by atoms with Gasteiger partial charge in [-0.3, -0.25) is 4.79 Å². The number of fused-ring (bicyclic) bond motifs is 2. The summed E-state index contributed by atoms with van der Waals surface area (Å²) in [4.78, 5) is 28.9. The van der Waals surface area contributed by atoms with Gasteiger partial charge in [0.2, 0.25) is 0 Å². The van der Waals surface area contributed by atoms with Crippen LogP contribution in [0.25, 0.3) is 11.4 Å². The van der Waals surface area contributed by atoms with Gasteiger partial charge >= 0.3 is 0 Å².